The van der Waals surface area contributed by atoms with E-state index in [0.717, 1.165) is 96.6 Å². The van der Waals surface area contributed by atoms with E-state index in [-0.39, 0.29) is 11.7 Å². The van der Waals surface area contributed by atoms with Gasteiger partial charge < -0.3 is 9.47 Å². The number of pyridine rings is 1. The molecule has 1 saturated heterocycles. The van der Waals surface area contributed by atoms with Crippen LogP contribution in [-0.4, -0.2) is 39.8 Å². The Balaban J connectivity index is 1.35. The van der Waals surface area contributed by atoms with Crippen LogP contribution in [0.1, 0.15) is 62.6 Å². The van der Waals surface area contributed by atoms with Crippen molar-refractivity contribution in [2.24, 2.45) is 10.9 Å². The zero-order valence-electron chi connectivity index (χ0n) is 21.3. The van der Waals surface area contributed by atoms with E-state index in [9.17, 15) is 4.79 Å². The quantitative estimate of drug-likeness (QED) is 0.419. The molecule has 1 aliphatic carbocycles. The van der Waals surface area contributed by atoms with Crippen molar-refractivity contribution in [2.75, 3.05) is 19.8 Å². The summed E-state index contributed by atoms with van der Waals surface area (Å²) in [5.41, 5.74) is 5.96. The van der Waals surface area contributed by atoms with Crippen molar-refractivity contribution in [1.29, 1.82) is 0 Å². The molecule has 6 rings (SSSR count). The second-order valence-electron chi connectivity index (χ2n) is 10.5. The summed E-state index contributed by atoms with van der Waals surface area (Å²) >= 11 is 6.35. The minimum absolute atomic E-state index is 0.0113. The summed E-state index contributed by atoms with van der Waals surface area (Å²) in [4.78, 5) is 23.0. The molecule has 3 aliphatic rings. The van der Waals surface area contributed by atoms with E-state index in [0.29, 0.717) is 25.0 Å². The topological polar surface area (TPSA) is 70.6 Å². The van der Waals surface area contributed by atoms with Crippen molar-refractivity contribution in [3.63, 3.8) is 0 Å². The third kappa shape index (κ3) is 5.12. The van der Waals surface area contributed by atoms with Crippen LogP contribution in [-0.2, 0) is 22.4 Å². The van der Waals surface area contributed by atoms with E-state index < -0.39 is 0 Å². The Hall–Kier alpha value is -2.90. The number of nitrogens with zero attached hydrogens (tertiary/aromatic N) is 4. The molecule has 4 heterocycles. The number of aliphatic imine (C=N–C) groups is 1. The van der Waals surface area contributed by atoms with Crippen LogP contribution in [0.15, 0.2) is 57.7 Å². The normalized spacial score (nSPS) is 18.9. The third-order valence-electron chi connectivity index (χ3n) is 7.89. The van der Waals surface area contributed by atoms with E-state index in [1.165, 1.54) is 0 Å². The lowest BCUT2D eigenvalue weighted by molar-refractivity contribution is 0.0588. The van der Waals surface area contributed by atoms with Crippen molar-refractivity contribution in [2.45, 2.75) is 64.5 Å². The summed E-state index contributed by atoms with van der Waals surface area (Å²) in [7, 11) is 0. The van der Waals surface area contributed by atoms with Gasteiger partial charge in [-0.25, -0.2) is 9.79 Å². The fourth-order valence-electron chi connectivity index (χ4n) is 5.47. The molecule has 8 heteroatoms. The molecule has 194 valence electrons. The van der Waals surface area contributed by atoms with Gasteiger partial charge in [-0.2, -0.15) is 0 Å². The second kappa shape index (κ2) is 10.5. The van der Waals surface area contributed by atoms with Gasteiger partial charge in [-0.15, -0.1) is 0 Å². The second-order valence-corrected chi connectivity index (χ2v) is 10.9. The molecule has 0 unspecified atom stereocenters. The predicted octanol–water partition coefficient (Wildman–Crippen LogP) is 5.69. The highest BCUT2D eigenvalue weighted by Crippen LogP contribution is 2.36. The lowest BCUT2D eigenvalue weighted by Crippen LogP contribution is -2.25. The van der Waals surface area contributed by atoms with Crippen molar-refractivity contribution in [3.05, 3.63) is 74.6 Å². The summed E-state index contributed by atoms with van der Waals surface area (Å²) in [5, 5.41) is 0.717. The van der Waals surface area contributed by atoms with Gasteiger partial charge in [-0.05, 0) is 93.2 Å². The van der Waals surface area contributed by atoms with Crippen LogP contribution in [0.4, 0.5) is 0 Å². The molecule has 1 aromatic carbocycles. The lowest BCUT2D eigenvalue weighted by atomic mass is 9.96. The summed E-state index contributed by atoms with van der Waals surface area (Å²) in [6, 6.07) is 8.16. The van der Waals surface area contributed by atoms with Gasteiger partial charge in [0.2, 0.25) is 5.90 Å². The van der Waals surface area contributed by atoms with E-state index in [1.807, 2.05) is 33.4 Å². The number of halogens is 1. The minimum atomic E-state index is 0.0113. The zero-order valence-corrected chi connectivity index (χ0v) is 22.0. The molecule has 2 aliphatic heterocycles. The summed E-state index contributed by atoms with van der Waals surface area (Å²) in [6.45, 7) is 4.76. The summed E-state index contributed by atoms with van der Waals surface area (Å²) in [5.74, 6) is 1.23. The molecular formula is C29H33ClN4O3. The number of allylic oxidation sites excluding steroid dienone is 2. The molecule has 2 aromatic heterocycles. The Labute approximate surface area is 221 Å². The van der Waals surface area contributed by atoms with Crippen molar-refractivity contribution in [3.8, 4) is 0 Å². The van der Waals surface area contributed by atoms with Crippen LogP contribution >= 0.6 is 11.6 Å². The fourth-order valence-corrected chi connectivity index (χ4v) is 5.67. The molecule has 0 amide bonds. The maximum absolute atomic E-state index is 13.5. The number of imidazole rings is 1. The Morgan fingerprint density at radius 3 is 2.76 bits per heavy atom. The van der Waals surface area contributed by atoms with Gasteiger partial charge in [0.25, 0.3) is 0 Å². The fraction of sp³-hybridized carbons (Fsp3) is 0.483. The van der Waals surface area contributed by atoms with Crippen LogP contribution in [0, 0.1) is 5.92 Å². The smallest absolute Gasteiger partial charge is 0.329 e. The van der Waals surface area contributed by atoms with E-state index in [1.54, 1.807) is 12.4 Å². The Morgan fingerprint density at radius 1 is 1.11 bits per heavy atom. The molecule has 0 spiro atoms. The average Bonchev–Trinajstić information content (AvgIpc) is 3.70. The molecule has 0 radical (unpaired) electrons. The lowest BCUT2D eigenvalue weighted by Gasteiger charge is -2.23. The first-order valence-corrected chi connectivity index (χ1v) is 13.8. The first-order chi connectivity index (χ1) is 18.1. The Morgan fingerprint density at radius 2 is 1.95 bits per heavy atom. The van der Waals surface area contributed by atoms with Gasteiger partial charge in [0.15, 0.2) is 0 Å². The summed E-state index contributed by atoms with van der Waals surface area (Å²) < 4.78 is 15.7. The zero-order chi connectivity index (χ0) is 25.4. The van der Waals surface area contributed by atoms with Gasteiger partial charge >= 0.3 is 5.69 Å². The average molecular weight is 521 g/mol. The van der Waals surface area contributed by atoms with Gasteiger partial charge in [0, 0.05) is 36.0 Å². The molecule has 37 heavy (non-hydrogen) atoms. The number of aromatic nitrogens is 3. The molecular weight excluding hydrogens is 488 g/mol. The summed E-state index contributed by atoms with van der Waals surface area (Å²) in [6.07, 6.45) is 10.5. The van der Waals surface area contributed by atoms with Crippen LogP contribution in [0.2, 0.25) is 5.02 Å². The Bertz CT molecular complexity index is 1430. The largest absolute Gasteiger partial charge is 0.477 e. The third-order valence-corrected chi connectivity index (χ3v) is 8.12. The number of benzene rings is 1. The van der Waals surface area contributed by atoms with Crippen molar-refractivity contribution < 1.29 is 9.47 Å². The maximum atomic E-state index is 13.5. The molecule has 1 saturated carbocycles. The monoisotopic (exact) mass is 520 g/mol. The van der Waals surface area contributed by atoms with Crippen LogP contribution < -0.4 is 5.69 Å². The number of hydrogen-bond donors (Lipinski definition) is 0. The van der Waals surface area contributed by atoms with Crippen molar-refractivity contribution in [1.82, 2.24) is 14.1 Å². The standard InChI is InChI=1S/C29H33ClN4O3/c1-19-2-3-21-16-22(30)4-7-24(21)28(37-15-11-20-9-13-36-14-10-20)32-25(19)18-33-27-17-31-12-8-26(27)34(29(33)35)23-5-6-23/h4,7-8,12,16-17,20,23H,2-3,5-6,9-11,13-15,18H2,1H3. The number of aryl methyl sites for hydroxylation is 1. The van der Waals surface area contributed by atoms with Crippen LogP contribution in [0.25, 0.3) is 11.0 Å². The minimum Gasteiger partial charge on any atom is -0.477 e. The van der Waals surface area contributed by atoms with Crippen LogP contribution in [0.3, 0.4) is 0 Å². The molecule has 7 nitrogen and oxygen atoms in total. The van der Waals surface area contributed by atoms with Gasteiger partial charge in [-0.3, -0.25) is 14.1 Å². The van der Waals surface area contributed by atoms with Gasteiger partial charge in [0.05, 0.1) is 36.1 Å². The number of hydrogen-bond acceptors (Lipinski definition) is 5. The highest BCUT2D eigenvalue weighted by molar-refractivity contribution is 6.30. The number of ether oxygens (including phenoxy) is 2. The highest BCUT2D eigenvalue weighted by atomic mass is 35.5. The van der Waals surface area contributed by atoms with Crippen LogP contribution in [0.5, 0.6) is 0 Å². The number of rotatable bonds is 6. The first kappa shape index (κ1) is 24.4. The number of fused-ring (bicyclic) bond motifs is 2. The van der Waals surface area contributed by atoms with Crippen molar-refractivity contribution >= 4 is 28.5 Å². The SMILES string of the molecule is CC1=C(Cn2c(=O)n(C3CC3)c3ccncc32)N=C(OCCC2CCOCC2)c2ccc(Cl)cc2CC1. The molecule has 0 bridgehead atoms. The molecule has 3 aromatic rings. The predicted molar refractivity (Wildman–Crippen MR) is 145 cm³/mol. The van der Waals surface area contributed by atoms with E-state index in [2.05, 4.69) is 11.9 Å². The Kier molecular flexibility index (Phi) is 6.91. The van der Waals surface area contributed by atoms with E-state index in [4.69, 9.17) is 26.1 Å². The van der Waals surface area contributed by atoms with E-state index >= 15 is 0 Å². The van der Waals surface area contributed by atoms with Gasteiger partial charge in [0.1, 0.15) is 0 Å². The first-order valence-electron chi connectivity index (χ1n) is 13.4. The maximum Gasteiger partial charge on any atom is 0.329 e. The molecule has 0 atom stereocenters. The van der Waals surface area contributed by atoms with Gasteiger partial charge in [-0.1, -0.05) is 11.6 Å². The highest BCUT2D eigenvalue weighted by Gasteiger charge is 2.29. The molecule has 0 N–H and O–H groups in total. The molecule has 2 fully saturated rings.